The Morgan fingerprint density at radius 3 is 2.61 bits per heavy atom. The molecular weight excluding hydrogens is 296 g/mol. The lowest BCUT2D eigenvalue weighted by molar-refractivity contribution is -0.152. The Bertz CT molecular complexity index is 467. The molecule has 0 radical (unpaired) electrons. The first-order valence-corrected chi connectivity index (χ1v) is 8.57. The van der Waals surface area contributed by atoms with Gasteiger partial charge in [0.2, 0.25) is 0 Å². The van der Waals surface area contributed by atoms with Crippen molar-refractivity contribution in [3.8, 4) is 0 Å². The first kappa shape index (κ1) is 17.5. The van der Waals surface area contributed by atoms with Crippen LogP contribution in [0, 0.1) is 5.92 Å². The average molecular weight is 322 g/mol. The lowest BCUT2D eigenvalue weighted by Crippen LogP contribution is -2.42. The van der Waals surface area contributed by atoms with Gasteiger partial charge in [-0.3, -0.25) is 14.9 Å². The van der Waals surface area contributed by atoms with Crippen molar-refractivity contribution in [1.29, 1.82) is 0 Å². The number of carbonyl (C=O) groups is 3. The lowest BCUT2D eigenvalue weighted by atomic mass is 9.97. The zero-order chi connectivity index (χ0) is 16.5. The van der Waals surface area contributed by atoms with E-state index in [0.29, 0.717) is 6.54 Å². The summed E-state index contributed by atoms with van der Waals surface area (Å²) in [5, 5.41) is 4.83. The maximum atomic E-state index is 11.7. The molecule has 1 saturated carbocycles. The van der Waals surface area contributed by atoms with Crippen LogP contribution in [0.5, 0.6) is 0 Å². The molecule has 2 N–H and O–H groups in total. The van der Waals surface area contributed by atoms with Crippen LogP contribution in [-0.4, -0.2) is 31.1 Å². The van der Waals surface area contributed by atoms with E-state index < -0.39 is 18.5 Å². The highest BCUT2D eigenvalue weighted by Crippen LogP contribution is 2.25. The van der Waals surface area contributed by atoms with Crippen LogP contribution in [0.4, 0.5) is 4.79 Å². The average Bonchev–Trinajstić information content (AvgIpc) is 3.08. The molecule has 0 aromatic rings. The smallest absolute Gasteiger partial charge is 0.321 e. The van der Waals surface area contributed by atoms with Crippen molar-refractivity contribution in [2.45, 2.75) is 57.8 Å². The number of amides is 3. The molecule has 6 heteroatoms. The van der Waals surface area contributed by atoms with Gasteiger partial charge in [-0.1, -0.05) is 24.5 Å². The molecule has 2 aliphatic rings. The van der Waals surface area contributed by atoms with E-state index in [2.05, 4.69) is 16.7 Å². The molecule has 23 heavy (non-hydrogen) atoms. The van der Waals surface area contributed by atoms with Crippen LogP contribution in [0.1, 0.15) is 57.8 Å². The van der Waals surface area contributed by atoms with Crippen LogP contribution >= 0.6 is 0 Å². The van der Waals surface area contributed by atoms with Crippen LogP contribution in [0.15, 0.2) is 11.6 Å². The van der Waals surface area contributed by atoms with Gasteiger partial charge in [0.15, 0.2) is 6.61 Å². The lowest BCUT2D eigenvalue weighted by Gasteiger charge is -2.13. The second-order valence-corrected chi connectivity index (χ2v) is 6.25. The normalized spacial score (nSPS) is 18.2. The van der Waals surface area contributed by atoms with Crippen LogP contribution in [0.2, 0.25) is 0 Å². The van der Waals surface area contributed by atoms with E-state index in [1.807, 2.05) is 0 Å². The molecule has 0 heterocycles. The Labute approximate surface area is 137 Å². The minimum absolute atomic E-state index is 0.0830. The van der Waals surface area contributed by atoms with E-state index in [9.17, 15) is 14.4 Å². The van der Waals surface area contributed by atoms with E-state index in [1.54, 1.807) is 0 Å². The first-order valence-electron chi connectivity index (χ1n) is 8.57. The monoisotopic (exact) mass is 322 g/mol. The van der Waals surface area contributed by atoms with E-state index >= 15 is 0 Å². The molecule has 128 valence electrons. The Kier molecular flexibility index (Phi) is 7.10. The molecule has 0 spiro atoms. The van der Waals surface area contributed by atoms with Gasteiger partial charge in [0, 0.05) is 6.54 Å². The van der Waals surface area contributed by atoms with Crippen molar-refractivity contribution < 1.29 is 19.1 Å². The summed E-state index contributed by atoms with van der Waals surface area (Å²) in [6, 6.07) is -0.539. The quantitative estimate of drug-likeness (QED) is 0.581. The third kappa shape index (κ3) is 6.42. The van der Waals surface area contributed by atoms with Gasteiger partial charge in [0.1, 0.15) is 0 Å². The Hall–Kier alpha value is -1.85. The van der Waals surface area contributed by atoms with Gasteiger partial charge in [-0.05, 0) is 44.9 Å². The van der Waals surface area contributed by atoms with Gasteiger partial charge in [-0.15, -0.1) is 0 Å². The predicted octanol–water partition coefficient (Wildman–Crippen LogP) is 2.44. The Morgan fingerprint density at radius 1 is 1.13 bits per heavy atom. The molecule has 3 amide bonds. The fraction of sp³-hybridized carbons (Fsp3) is 0.706. The third-order valence-corrected chi connectivity index (χ3v) is 4.40. The molecule has 6 nitrogen and oxygen atoms in total. The summed E-state index contributed by atoms with van der Waals surface area (Å²) in [6.45, 7) is 0.112. The molecule has 2 rings (SSSR count). The zero-order valence-electron chi connectivity index (χ0n) is 13.6. The molecule has 0 unspecified atom stereocenters. The molecule has 1 fully saturated rings. The summed E-state index contributed by atoms with van der Waals surface area (Å²) in [5.41, 5.74) is 1.37. The van der Waals surface area contributed by atoms with E-state index in [4.69, 9.17) is 4.74 Å². The van der Waals surface area contributed by atoms with Crippen molar-refractivity contribution in [2.24, 2.45) is 5.92 Å². The van der Waals surface area contributed by atoms with Crippen LogP contribution in [-0.2, 0) is 14.3 Å². The van der Waals surface area contributed by atoms with Crippen LogP contribution in [0.3, 0.4) is 0 Å². The highest BCUT2D eigenvalue weighted by atomic mass is 16.5. The number of rotatable bonds is 6. The van der Waals surface area contributed by atoms with Crippen molar-refractivity contribution in [2.75, 3.05) is 13.2 Å². The molecule has 0 aromatic carbocycles. The molecule has 0 atom stereocenters. The van der Waals surface area contributed by atoms with Crippen molar-refractivity contribution in [1.82, 2.24) is 10.6 Å². The maximum Gasteiger partial charge on any atom is 0.321 e. The molecule has 2 aliphatic carbocycles. The number of carbonyl (C=O) groups excluding carboxylic acids is 3. The molecule has 0 saturated heterocycles. The summed E-state index contributed by atoms with van der Waals surface area (Å²) in [7, 11) is 0. The third-order valence-electron chi connectivity index (χ3n) is 4.40. The number of urea groups is 1. The number of esters is 1. The summed E-state index contributed by atoms with van der Waals surface area (Å²) < 4.78 is 4.95. The minimum Gasteiger partial charge on any atom is -0.455 e. The fourth-order valence-corrected chi connectivity index (χ4v) is 3.09. The highest BCUT2D eigenvalue weighted by molar-refractivity contribution is 5.95. The van der Waals surface area contributed by atoms with Crippen LogP contribution < -0.4 is 10.6 Å². The SMILES string of the molecule is O=C(COC(=O)C1CCCC1)NC(=O)NCCC1=CCCCC1. The number of allylic oxidation sites excluding steroid dienone is 1. The predicted molar refractivity (Wildman–Crippen MR) is 85.6 cm³/mol. The Morgan fingerprint density at radius 2 is 1.91 bits per heavy atom. The van der Waals surface area contributed by atoms with Crippen molar-refractivity contribution in [3.05, 3.63) is 11.6 Å². The van der Waals surface area contributed by atoms with Gasteiger partial charge in [-0.25, -0.2) is 4.79 Å². The van der Waals surface area contributed by atoms with E-state index in [-0.39, 0.29) is 11.9 Å². The number of imide groups is 1. The summed E-state index contributed by atoms with van der Waals surface area (Å²) >= 11 is 0. The van der Waals surface area contributed by atoms with Crippen LogP contribution in [0.25, 0.3) is 0 Å². The standard InChI is InChI=1S/C17H26N2O4/c20-15(12-23-16(21)14-8-4-5-9-14)19-17(22)18-11-10-13-6-2-1-3-7-13/h6,14H,1-5,7-12H2,(H2,18,19,20,22). The Balaban J connectivity index is 1.56. The van der Waals surface area contributed by atoms with Gasteiger partial charge in [0.25, 0.3) is 5.91 Å². The topological polar surface area (TPSA) is 84.5 Å². The van der Waals surface area contributed by atoms with E-state index in [1.165, 1.54) is 18.4 Å². The summed E-state index contributed by atoms with van der Waals surface area (Å²) in [6.07, 6.45) is 11.4. The number of hydrogen-bond acceptors (Lipinski definition) is 4. The second-order valence-electron chi connectivity index (χ2n) is 6.25. The van der Waals surface area contributed by atoms with Gasteiger partial charge >= 0.3 is 12.0 Å². The summed E-state index contributed by atoms with van der Waals surface area (Å²) in [4.78, 5) is 34.8. The number of ether oxygens (including phenoxy) is 1. The largest absolute Gasteiger partial charge is 0.455 e. The zero-order valence-corrected chi connectivity index (χ0v) is 13.6. The van der Waals surface area contributed by atoms with Gasteiger partial charge < -0.3 is 10.1 Å². The molecule has 0 aromatic heterocycles. The van der Waals surface area contributed by atoms with E-state index in [0.717, 1.165) is 44.9 Å². The highest BCUT2D eigenvalue weighted by Gasteiger charge is 2.24. The molecular formula is C17H26N2O4. The minimum atomic E-state index is -0.592. The van der Waals surface area contributed by atoms with Gasteiger partial charge in [-0.2, -0.15) is 0 Å². The maximum absolute atomic E-state index is 11.7. The van der Waals surface area contributed by atoms with Gasteiger partial charge in [0.05, 0.1) is 5.92 Å². The molecule has 0 bridgehead atoms. The number of hydrogen-bond donors (Lipinski definition) is 2. The first-order chi connectivity index (χ1) is 11.1. The number of nitrogens with one attached hydrogen (secondary N) is 2. The van der Waals surface area contributed by atoms with Crippen molar-refractivity contribution in [3.63, 3.8) is 0 Å². The fourth-order valence-electron chi connectivity index (χ4n) is 3.09. The van der Waals surface area contributed by atoms with Crippen molar-refractivity contribution >= 4 is 17.9 Å². The second kappa shape index (κ2) is 9.33. The molecule has 0 aliphatic heterocycles. The summed E-state index contributed by atoms with van der Waals surface area (Å²) in [5.74, 6) is -1.01.